The Labute approximate surface area is 95.0 Å². The Morgan fingerprint density at radius 1 is 1.47 bits per heavy atom. The molecule has 1 atom stereocenters. The second-order valence-electron chi connectivity index (χ2n) is 3.09. The van der Waals surface area contributed by atoms with E-state index in [4.69, 9.17) is 10.8 Å². The average molecular weight is 228 g/mol. The molecular formula is C11H14ClNO2. The van der Waals surface area contributed by atoms with Gasteiger partial charge in [0, 0.05) is 0 Å². The van der Waals surface area contributed by atoms with Crippen LogP contribution in [0.2, 0.25) is 0 Å². The average Bonchev–Trinajstić information content (AvgIpc) is 2.19. The van der Waals surface area contributed by atoms with Crippen molar-refractivity contribution in [2.24, 2.45) is 5.73 Å². The normalized spacial score (nSPS) is 11.3. The molecule has 0 saturated heterocycles. The number of carbonyl (C=O) groups is 1. The summed E-state index contributed by atoms with van der Waals surface area (Å²) in [5, 5.41) is 8.60. The summed E-state index contributed by atoms with van der Waals surface area (Å²) in [7, 11) is 0. The first-order valence-electron chi connectivity index (χ1n) is 4.33. The molecule has 0 radical (unpaired) electrons. The van der Waals surface area contributed by atoms with Gasteiger partial charge in [0.25, 0.3) is 0 Å². The highest BCUT2D eigenvalue weighted by Crippen LogP contribution is 2.07. The molecule has 15 heavy (non-hydrogen) atoms. The molecule has 0 aliphatic heterocycles. The van der Waals surface area contributed by atoms with Crippen molar-refractivity contribution in [2.75, 3.05) is 0 Å². The zero-order valence-electron chi connectivity index (χ0n) is 8.22. The first kappa shape index (κ1) is 13.7. The standard InChI is InChI=1S/C11H13NO2.ClH/c1-2-8-3-5-9(6-4-8)7-10(12)11(13)14;/h2-6,10H,1,7,12H2,(H,13,14);1H/t10-;/m1./s1. The Bertz CT molecular complexity index is 335. The molecule has 1 aromatic rings. The van der Waals surface area contributed by atoms with Gasteiger partial charge in [0.05, 0.1) is 0 Å². The molecule has 3 nitrogen and oxygen atoms in total. The Hall–Kier alpha value is -1.32. The third-order valence-corrected chi connectivity index (χ3v) is 1.99. The lowest BCUT2D eigenvalue weighted by Gasteiger charge is -2.06. The maximum atomic E-state index is 10.5. The van der Waals surface area contributed by atoms with Crippen LogP contribution in [0.3, 0.4) is 0 Å². The molecular weight excluding hydrogens is 214 g/mol. The van der Waals surface area contributed by atoms with Crippen LogP contribution in [0.1, 0.15) is 11.1 Å². The molecule has 0 unspecified atom stereocenters. The van der Waals surface area contributed by atoms with E-state index in [0.717, 1.165) is 11.1 Å². The number of hydrogen-bond acceptors (Lipinski definition) is 2. The maximum absolute atomic E-state index is 10.5. The predicted molar refractivity (Wildman–Crippen MR) is 63.1 cm³/mol. The fraction of sp³-hybridized carbons (Fsp3) is 0.182. The Kier molecular flexibility index (Phi) is 5.67. The lowest BCUT2D eigenvalue weighted by molar-refractivity contribution is -0.138. The molecule has 0 spiro atoms. The van der Waals surface area contributed by atoms with E-state index in [9.17, 15) is 4.79 Å². The molecule has 0 fully saturated rings. The van der Waals surface area contributed by atoms with Gasteiger partial charge < -0.3 is 10.8 Å². The molecule has 82 valence electrons. The smallest absolute Gasteiger partial charge is 0.320 e. The first-order chi connectivity index (χ1) is 6.63. The van der Waals surface area contributed by atoms with Gasteiger partial charge >= 0.3 is 5.97 Å². The molecule has 0 amide bonds. The van der Waals surface area contributed by atoms with Crippen molar-refractivity contribution in [3.05, 3.63) is 42.0 Å². The minimum atomic E-state index is -0.974. The number of hydrogen-bond donors (Lipinski definition) is 2. The van der Waals surface area contributed by atoms with Crippen LogP contribution in [0.4, 0.5) is 0 Å². The predicted octanol–water partition coefficient (Wildman–Crippen LogP) is 1.71. The highest BCUT2D eigenvalue weighted by molar-refractivity contribution is 5.85. The van der Waals surface area contributed by atoms with Crippen LogP contribution in [0, 0.1) is 0 Å². The molecule has 0 heterocycles. The van der Waals surface area contributed by atoms with E-state index >= 15 is 0 Å². The SMILES string of the molecule is C=Cc1ccc(C[C@@H](N)C(=O)O)cc1.Cl. The van der Waals surface area contributed by atoms with Crippen LogP contribution in [-0.4, -0.2) is 17.1 Å². The van der Waals surface area contributed by atoms with Gasteiger partial charge in [-0.3, -0.25) is 4.79 Å². The van der Waals surface area contributed by atoms with Gasteiger partial charge in [-0.1, -0.05) is 36.9 Å². The van der Waals surface area contributed by atoms with Crippen molar-refractivity contribution >= 4 is 24.5 Å². The van der Waals surface area contributed by atoms with Crippen molar-refractivity contribution in [1.29, 1.82) is 0 Å². The molecule has 0 aromatic heterocycles. The number of benzene rings is 1. The Morgan fingerprint density at radius 2 is 2.00 bits per heavy atom. The molecule has 4 heteroatoms. The van der Waals surface area contributed by atoms with E-state index in [1.165, 1.54) is 0 Å². The van der Waals surface area contributed by atoms with E-state index in [1.807, 2.05) is 24.3 Å². The lowest BCUT2D eigenvalue weighted by atomic mass is 10.0. The Morgan fingerprint density at radius 3 is 2.40 bits per heavy atom. The summed E-state index contributed by atoms with van der Waals surface area (Å²) in [5.74, 6) is -0.974. The summed E-state index contributed by atoms with van der Waals surface area (Å²) in [4.78, 5) is 10.5. The first-order valence-corrected chi connectivity index (χ1v) is 4.33. The minimum Gasteiger partial charge on any atom is -0.480 e. The molecule has 0 aliphatic rings. The number of nitrogens with two attached hydrogens (primary N) is 1. The summed E-state index contributed by atoms with van der Waals surface area (Å²) in [6.45, 7) is 3.63. The molecule has 1 aromatic carbocycles. The monoisotopic (exact) mass is 227 g/mol. The highest BCUT2D eigenvalue weighted by Gasteiger charge is 2.11. The van der Waals surface area contributed by atoms with Crippen molar-refractivity contribution in [3.8, 4) is 0 Å². The van der Waals surface area contributed by atoms with E-state index in [2.05, 4.69) is 6.58 Å². The Balaban J connectivity index is 0.00000196. The van der Waals surface area contributed by atoms with E-state index in [-0.39, 0.29) is 12.4 Å². The van der Waals surface area contributed by atoms with Crippen LogP contribution in [0.5, 0.6) is 0 Å². The van der Waals surface area contributed by atoms with Crippen molar-refractivity contribution in [2.45, 2.75) is 12.5 Å². The van der Waals surface area contributed by atoms with Gasteiger partial charge in [-0.25, -0.2) is 0 Å². The van der Waals surface area contributed by atoms with Gasteiger partial charge in [-0.05, 0) is 17.5 Å². The van der Waals surface area contributed by atoms with E-state index in [0.29, 0.717) is 6.42 Å². The summed E-state index contributed by atoms with van der Waals surface area (Å²) in [6.07, 6.45) is 2.09. The van der Waals surface area contributed by atoms with Gasteiger partial charge in [-0.2, -0.15) is 0 Å². The van der Waals surface area contributed by atoms with Gasteiger partial charge in [0.2, 0.25) is 0 Å². The molecule has 1 rings (SSSR count). The third kappa shape index (κ3) is 4.14. The molecule has 0 saturated carbocycles. The van der Waals surface area contributed by atoms with Gasteiger partial charge in [-0.15, -0.1) is 12.4 Å². The van der Waals surface area contributed by atoms with Gasteiger partial charge in [0.1, 0.15) is 6.04 Å². The van der Waals surface area contributed by atoms with Crippen LogP contribution in [-0.2, 0) is 11.2 Å². The van der Waals surface area contributed by atoms with Crippen LogP contribution < -0.4 is 5.73 Å². The number of rotatable bonds is 4. The van der Waals surface area contributed by atoms with Crippen LogP contribution in [0.15, 0.2) is 30.8 Å². The van der Waals surface area contributed by atoms with E-state index in [1.54, 1.807) is 6.08 Å². The topological polar surface area (TPSA) is 63.3 Å². The van der Waals surface area contributed by atoms with E-state index < -0.39 is 12.0 Å². The largest absolute Gasteiger partial charge is 0.480 e. The molecule has 0 aliphatic carbocycles. The van der Waals surface area contributed by atoms with Crippen molar-refractivity contribution in [1.82, 2.24) is 0 Å². The summed E-state index contributed by atoms with van der Waals surface area (Å²) >= 11 is 0. The lowest BCUT2D eigenvalue weighted by Crippen LogP contribution is -2.32. The van der Waals surface area contributed by atoms with Crippen molar-refractivity contribution < 1.29 is 9.90 Å². The zero-order chi connectivity index (χ0) is 10.6. The molecule has 3 N–H and O–H groups in total. The minimum absolute atomic E-state index is 0. The fourth-order valence-corrected chi connectivity index (χ4v) is 1.13. The quantitative estimate of drug-likeness (QED) is 0.823. The summed E-state index contributed by atoms with van der Waals surface area (Å²) < 4.78 is 0. The highest BCUT2D eigenvalue weighted by atomic mass is 35.5. The maximum Gasteiger partial charge on any atom is 0.320 e. The third-order valence-electron chi connectivity index (χ3n) is 1.99. The summed E-state index contributed by atoms with van der Waals surface area (Å²) in [5.41, 5.74) is 7.33. The van der Waals surface area contributed by atoms with Crippen LogP contribution >= 0.6 is 12.4 Å². The fourth-order valence-electron chi connectivity index (χ4n) is 1.13. The second-order valence-corrected chi connectivity index (χ2v) is 3.09. The second kappa shape index (κ2) is 6.22. The summed E-state index contributed by atoms with van der Waals surface area (Å²) in [6, 6.07) is 6.66. The van der Waals surface area contributed by atoms with Crippen molar-refractivity contribution in [3.63, 3.8) is 0 Å². The number of carboxylic acid groups (broad SMARTS) is 1. The van der Waals surface area contributed by atoms with Crippen LogP contribution in [0.25, 0.3) is 6.08 Å². The van der Waals surface area contributed by atoms with Gasteiger partial charge in [0.15, 0.2) is 0 Å². The number of carboxylic acids is 1. The zero-order valence-corrected chi connectivity index (χ0v) is 9.04. The molecule has 0 bridgehead atoms. The number of aliphatic carboxylic acids is 1. The number of halogens is 1.